The van der Waals surface area contributed by atoms with Crippen LogP contribution < -0.4 is 4.74 Å². The van der Waals surface area contributed by atoms with E-state index in [0.717, 1.165) is 60.7 Å². The maximum absolute atomic E-state index is 11.4. The van der Waals surface area contributed by atoms with Crippen LogP contribution in [0.15, 0.2) is 36.4 Å². The van der Waals surface area contributed by atoms with Crippen LogP contribution in [0.25, 0.3) is 22.0 Å². The predicted molar refractivity (Wildman–Crippen MR) is 141 cm³/mol. The quantitative estimate of drug-likeness (QED) is 0.366. The Morgan fingerprint density at radius 2 is 2.14 bits per heavy atom. The summed E-state index contributed by atoms with van der Waals surface area (Å²) in [5.74, 6) is 0.461. The molecule has 1 aliphatic rings. The monoisotopic (exact) mass is 513 g/mol. The Kier molecular flexibility index (Phi) is 8.42. The number of aliphatic carboxylic acids is 1. The number of likely N-dealkylation sites (tertiary alicyclic amines) is 1. The third-order valence-electron chi connectivity index (χ3n) is 6.39. The molecule has 8 heteroatoms. The molecule has 0 radical (unpaired) electrons. The summed E-state index contributed by atoms with van der Waals surface area (Å²) in [7, 11) is 0. The maximum Gasteiger partial charge on any atom is 0.307 e. The number of nitrogens with zero attached hydrogens (tertiary/aromatic N) is 3. The maximum atomic E-state index is 11.4. The largest absolute Gasteiger partial charge is 0.489 e. The van der Waals surface area contributed by atoms with Gasteiger partial charge in [0.2, 0.25) is 0 Å². The van der Waals surface area contributed by atoms with Crippen molar-refractivity contribution in [2.75, 3.05) is 19.6 Å². The normalized spacial score (nSPS) is 16.5. The molecule has 3 aromatic rings. The fourth-order valence-electron chi connectivity index (χ4n) is 4.67. The lowest BCUT2D eigenvalue weighted by Crippen LogP contribution is -2.39. The Bertz CT molecular complexity index is 1180. The molecule has 2 aromatic carbocycles. The summed E-state index contributed by atoms with van der Waals surface area (Å²) in [6.07, 6.45) is 3.54. The Morgan fingerprint density at radius 3 is 2.86 bits per heavy atom. The van der Waals surface area contributed by atoms with E-state index in [9.17, 15) is 9.90 Å². The van der Waals surface area contributed by atoms with Crippen molar-refractivity contribution in [1.82, 2.24) is 14.3 Å². The lowest BCUT2D eigenvalue weighted by molar-refractivity contribution is -0.143. The molecule has 1 aromatic heterocycles. The van der Waals surface area contributed by atoms with Crippen LogP contribution in [0.1, 0.15) is 44.7 Å². The summed E-state index contributed by atoms with van der Waals surface area (Å²) < 4.78 is 10.4. The minimum absolute atomic E-state index is 0.0553. The molecule has 2 heterocycles. The van der Waals surface area contributed by atoms with Crippen LogP contribution in [0.5, 0.6) is 5.75 Å². The SMILES string of the molecule is CCc1c(CCN2CCC[C@H](C(=O)O)C2)cccc1-c1nsc(-c2ccc(OC(C)C)c(Cl)c2)n1. The summed E-state index contributed by atoms with van der Waals surface area (Å²) in [6.45, 7) is 8.56. The smallest absolute Gasteiger partial charge is 0.307 e. The molecular weight excluding hydrogens is 482 g/mol. The lowest BCUT2D eigenvalue weighted by atomic mass is 9.94. The second-order valence-electron chi connectivity index (χ2n) is 9.26. The third kappa shape index (κ3) is 6.21. The van der Waals surface area contributed by atoms with Gasteiger partial charge in [0.15, 0.2) is 5.82 Å². The van der Waals surface area contributed by atoms with E-state index >= 15 is 0 Å². The fraction of sp³-hybridized carbons (Fsp3) is 0.444. The van der Waals surface area contributed by atoms with Crippen molar-refractivity contribution < 1.29 is 14.6 Å². The molecule has 6 nitrogen and oxygen atoms in total. The van der Waals surface area contributed by atoms with E-state index in [1.165, 1.54) is 22.7 Å². The summed E-state index contributed by atoms with van der Waals surface area (Å²) in [5, 5.41) is 10.8. The molecule has 35 heavy (non-hydrogen) atoms. The second kappa shape index (κ2) is 11.5. The highest BCUT2D eigenvalue weighted by Crippen LogP contribution is 2.34. The van der Waals surface area contributed by atoms with Crippen LogP contribution in [0.3, 0.4) is 0 Å². The molecule has 1 fully saturated rings. The van der Waals surface area contributed by atoms with Gasteiger partial charge in [0.1, 0.15) is 10.8 Å². The first kappa shape index (κ1) is 25.6. The Balaban J connectivity index is 1.52. The standard InChI is InChI=1S/C27H32ClN3O3S/c1-4-21-18(12-14-31-13-6-8-20(16-31)27(32)33)7-5-9-22(21)25-29-26(35-30-25)19-10-11-24(23(28)15-19)34-17(2)3/h5,7,9-11,15,17,20H,4,6,8,12-14,16H2,1-3H3,(H,32,33)/t20-/m0/s1. The van der Waals surface area contributed by atoms with Gasteiger partial charge in [-0.1, -0.05) is 36.7 Å². The summed E-state index contributed by atoms with van der Waals surface area (Å²) in [6, 6.07) is 12.0. The second-order valence-corrected chi connectivity index (χ2v) is 10.4. The van der Waals surface area contributed by atoms with Gasteiger partial charge in [-0.2, -0.15) is 4.37 Å². The highest BCUT2D eigenvalue weighted by molar-refractivity contribution is 7.09. The van der Waals surface area contributed by atoms with Gasteiger partial charge in [0.05, 0.1) is 17.0 Å². The van der Waals surface area contributed by atoms with E-state index in [-0.39, 0.29) is 12.0 Å². The zero-order valence-electron chi connectivity index (χ0n) is 20.5. The molecule has 0 saturated carbocycles. The van der Waals surface area contributed by atoms with Crippen molar-refractivity contribution in [1.29, 1.82) is 0 Å². The first-order valence-electron chi connectivity index (χ1n) is 12.2. The number of benzene rings is 2. The van der Waals surface area contributed by atoms with Crippen LogP contribution in [0, 0.1) is 5.92 Å². The van der Waals surface area contributed by atoms with Gasteiger partial charge >= 0.3 is 5.97 Å². The zero-order valence-corrected chi connectivity index (χ0v) is 22.0. The number of piperidine rings is 1. The van der Waals surface area contributed by atoms with Gasteiger partial charge < -0.3 is 14.7 Å². The minimum Gasteiger partial charge on any atom is -0.489 e. The number of carboxylic acids is 1. The van der Waals surface area contributed by atoms with Crippen LogP contribution in [0.4, 0.5) is 0 Å². The molecule has 4 rings (SSSR count). The first-order valence-corrected chi connectivity index (χ1v) is 13.4. The van der Waals surface area contributed by atoms with Crippen LogP contribution in [-0.4, -0.2) is 51.1 Å². The number of hydrogen-bond acceptors (Lipinski definition) is 6. The molecule has 0 unspecified atom stereocenters. The summed E-state index contributed by atoms with van der Waals surface area (Å²) in [5.41, 5.74) is 4.50. The van der Waals surface area contributed by atoms with Crippen molar-refractivity contribution in [3.8, 4) is 27.7 Å². The highest BCUT2D eigenvalue weighted by atomic mass is 35.5. The molecular formula is C27H32ClN3O3S. The average Bonchev–Trinajstić information content (AvgIpc) is 3.34. The van der Waals surface area contributed by atoms with E-state index < -0.39 is 5.97 Å². The summed E-state index contributed by atoms with van der Waals surface area (Å²) >= 11 is 7.80. The lowest BCUT2D eigenvalue weighted by Gasteiger charge is -2.30. The van der Waals surface area contributed by atoms with E-state index in [2.05, 4.69) is 34.4 Å². The van der Waals surface area contributed by atoms with Crippen LogP contribution in [-0.2, 0) is 17.6 Å². The first-order chi connectivity index (χ1) is 16.9. The van der Waals surface area contributed by atoms with Crippen LogP contribution in [0.2, 0.25) is 5.02 Å². The van der Waals surface area contributed by atoms with Crippen molar-refractivity contribution in [2.45, 2.75) is 52.6 Å². The predicted octanol–water partition coefficient (Wildman–Crippen LogP) is 6.21. The number of aromatic nitrogens is 2. The van der Waals surface area contributed by atoms with Crippen molar-refractivity contribution in [2.24, 2.45) is 5.92 Å². The Hall–Kier alpha value is -2.48. The molecule has 0 aliphatic carbocycles. The van der Waals surface area contributed by atoms with Crippen molar-refractivity contribution in [3.05, 3.63) is 52.5 Å². The van der Waals surface area contributed by atoms with Gasteiger partial charge in [-0.3, -0.25) is 4.79 Å². The highest BCUT2D eigenvalue weighted by Gasteiger charge is 2.25. The molecule has 1 aliphatic heterocycles. The Morgan fingerprint density at radius 1 is 1.31 bits per heavy atom. The van der Waals surface area contributed by atoms with E-state index in [4.69, 9.17) is 21.3 Å². The van der Waals surface area contributed by atoms with E-state index in [0.29, 0.717) is 17.3 Å². The third-order valence-corrected chi connectivity index (χ3v) is 7.45. The molecule has 0 amide bonds. The average molecular weight is 514 g/mol. The molecule has 0 spiro atoms. The number of carbonyl (C=O) groups is 1. The Labute approximate surface area is 216 Å². The number of ether oxygens (including phenoxy) is 1. The molecule has 1 N–H and O–H groups in total. The molecule has 186 valence electrons. The van der Waals surface area contributed by atoms with Gasteiger partial charge in [-0.05, 0) is 86.9 Å². The number of carboxylic acid groups (broad SMARTS) is 1. The van der Waals surface area contributed by atoms with Gasteiger partial charge in [0.25, 0.3) is 0 Å². The molecule has 0 bridgehead atoms. The molecule has 1 saturated heterocycles. The van der Waals surface area contributed by atoms with E-state index in [1.54, 1.807) is 0 Å². The van der Waals surface area contributed by atoms with Gasteiger partial charge in [-0.15, -0.1) is 0 Å². The molecule has 1 atom stereocenters. The fourth-order valence-corrected chi connectivity index (χ4v) is 5.57. The van der Waals surface area contributed by atoms with Crippen molar-refractivity contribution in [3.63, 3.8) is 0 Å². The van der Waals surface area contributed by atoms with Gasteiger partial charge in [0, 0.05) is 24.2 Å². The van der Waals surface area contributed by atoms with Crippen molar-refractivity contribution >= 4 is 29.1 Å². The van der Waals surface area contributed by atoms with Crippen LogP contribution >= 0.6 is 23.1 Å². The number of hydrogen-bond donors (Lipinski definition) is 1. The summed E-state index contributed by atoms with van der Waals surface area (Å²) in [4.78, 5) is 18.5. The van der Waals surface area contributed by atoms with E-state index in [1.807, 2.05) is 32.0 Å². The number of rotatable bonds is 9. The van der Waals surface area contributed by atoms with Gasteiger partial charge in [-0.25, -0.2) is 4.98 Å². The number of halogens is 1. The zero-order chi connectivity index (χ0) is 24.9. The topological polar surface area (TPSA) is 75.6 Å². The minimum atomic E-state index is -0.681.